The Kier molecular flexibility index (Phi) is 15.6. The van der Waals surface area contributed by atoms with Crippen LogP contribution in [0.5, 0.6) is 0 Å². The summed E-state index contributed by atoms with van der Waals surface area (Å²) in [7, 11) is -4.06. The summed E-state index contributed by atoms with van der Waals surface area (Å²) >= 11 is 0. The highest BCUT2D eigenvalue weighted by Gasteiger charge is 2.23. The van der Waals surface area contributed by atoms with Gasteiger partial charge in [-0.05, 0) is 25.8 Å². The Morgan fingerprint density at radius 3 is 1.58 bits per heavy atom. The Hall–Kier alpha value is -1.39. The standard InChI is InChI=1S/C5H15N2O3P.2CH5N3/c6-4-2-1-3-5(7)11(8,9)10;2*2-1(3)4/h5H,1-4,6-7H2,(H2,8,9,10);2*(H5,2,3,4). The average molecular weight is 300 g/mol. The first kappa shape index (κ1) is 22.8. The van der Waals surface area contributed by atoms with Crippen molar-refractivity contribution in [1.29, 1.82) is 10.8 Å². The second-order valence-electron chi connectivity index (χ2n) is 3.35. The van der Waals surface area contributed by atoms with E-state index in [0.29, 0.717) is 19.4 Å². The molecule has 1 unspecified atom stereocenters. The fourth-order valence-corrected chi connectivity index (χ4v) is 1.18. The fraction of sp³-hybridized carbons (Fsp3) is 0.714. The van der Waals surface area contributed by atoms with Crippen molar-refractivity contribution in [3.63, 3.8) is 0 Å². The van der Waals surface area contributed by atoms with Gasteiger partial charge in [0.15, 0.2) is 11.9 Å². The second-order valence-corrected chi connectivity index (χ2v) is 5.19. The van der Waals surface area contributed by atoms with E-state index >= 15 is 0 Å². The third-order valence-corrected chi connectivity index (χ3v) is 2.51. The normalized spacial score (nSPS) is 11.2. The molecule has 0 aliphatic rings. The molecule has 0 aliphatic carbocycles. The maximum Gasteiger partial charge on any atom is 0.342 e. The number of hydrogen-bond acceptors (Lipinski definition) is 5. The van der Waals surface area contributed by atoms with Crippen molar-refractivity contribution in [2.45, 2.75) is 25.0 Å². The molecule has 0 saturated carbocycles. The monoisotopic (exact) mass is 300 g/mol. The number of hydrogen-bond donors (Lipinski definition) is 10. The van der Waals surface area contributed by atoms with E-state index in [0.717, 1.165) is 6.42 Å². The molecule has 11 nitrogen and oxygen atoms in total. The van der Waals surface area contributed by atoms with Crippen LogP contribution in [0.25, 0.3) is 0 Å². The average Bonchev–Trinajstić information content (AvgIpc) is 2.14. The minimum Gasteiger partial charge on any atom is -0.370 e. The van der Waals surface area contributed by atoms with E-state index < -0.39 is 13.4 Å². The molecule has 0 radical (unpaired) electrons. The van der Waals surface area contributed by atoms with Crippen LogP contribution >= 0.6 is 7.60 Å². The lowest BCUT2D eigenvalue weighted by Crippen LogP contribution is -2.20. The van der Waals surface area contributed by atoms with E-state index in [1.807, 2.05) is 0 Å². The van der Waals surface area contributed by atoms with Gasteiger partial charge in [0, 0.05) is 0 Å². The predicted octanol–water partition coefficient (Wildman–Crippen LogP) is -2.74. The van der Waals surface area contributed by atoms with Gasteiger partial charge in [-0.2, -0.15) is 0 Å². The van der Waals surface area contributed by atoms with Crippen LogP contribution in [-0.2, 0) is 4.57 Å². The van der Waals surface area contributed by atoms with Crippen molar-refractivity contribution in [3.8, 4) is 0 Å². The Balaban J connectivity index is -0.000000264. The molecule has 0 aliphatic heterocycles. The number of guanidine groups is 2. The molecule has 0 aromatic heterocycles. The first-order valence-corrected chi connectivity index (χ1v) is 6.83. The number of nitrogens with one attached hydrogen (secondary N) is 2. The molecule has 116 valence electrons. The largest absolute Gasteiger partial charge is 0.370 e. The molecule has 0 spiro atoms. The minimum atomic E-state index is -4.06. The number of unbranched alkanes of at least 4 members (excludes halogenated alkanes) is 1. The summed E-state index contributed by atoms with van der Waals surface area (Å²) in [5.41, 5.74) is 28.3. The smallest absolute Gasteiger partial charge is 0.342 e. The molecule has 1 atom stereocenters. The second kappa shape index (κ2) is 13.1. The summed E-state index contributed by atoms with van der Waals surface area (Å²) < 4.78 is 10.5. The lowest BCUT2D eigenvalue weighted by molar-refractivity contribution is 0.353. The predicted molar refractivity (Wildman–Crippen MR) is 75.1 cm³/mol. The van der Waals surface area contributed by atoms with Gasteiger partial charge in [0.1, 0.15) is 5.78 Å². The highest BCUT2D eigenvalue weighted by atomic mass is 31.2. The Morgan fingerprint density at radius 2 is 1.37 bits per heavy atom. The molecule has 0 saturated heterocycles. The number of rotatable bonds is 5. The third kappa shape index (κ3) is 38.4. The molecule has 0 aromatic carbocycles. The van der Waals surface area contributed by atoms with Crippen molar-refractivity contribution in [2.24, 2.45) is 34.4 Å². The zero-order valence-corrected chi connectivity index (χ0v) is 11.5. The molecule has 19 heavy (non-hydrogen) atoms. The van der Waals surface area contributed by atoms with Crippen molar-refractivity contribution in [3.05, 3.63) is 0 Å². The molecular formula is C7H25N8O3P. The first-order valence-electron chi connectivity index (χ1n) is 5.15. The molecule has 0 amide bonds. The van der Waals surface area contributed by atoms with Crippen LogP contribution in [0.3, 0.4) is 0 Å². The highest BCUT2D eigenvalue weighted by Crippen LogP contribution is 2.40. The fourth-order valence-electron chi connectivity index (χ4n) is 0.666. The Bertz CT molecular complexity index is 274. The Labute approximate surface area is 111 Å². The summed E-state index contributed by atoms with van der Waals surface area (Å²) in [6.45, 7) is 0.536. The SMILES string of the molecule is N=C(N)N.N=C(N)N.NCCCCC(N)P(=O)(O)O. The first-order chi connectivity index (χ1) is 8.45. The Morgan fingerprint density at radius 1 is 1.05 bits per heavy atom. The summed E-state index contributed by atoms with van der Waals surface area (Å²) in [5.74, 6) is -1.69. The van der Waals surface area contributed by atoms with E-state index in [9.17, 15) is 4.57 Å². The van der Waals surface area contributed by atoms with Crippen LogP contribution in [0.15, 0.2) is 0 Å². The highest BCUT2D eigenvalue weighted by molar-refractivity contribution is 7.52. The quantitative estimate of drug-likeness (QED) is 0.109. The van der Waals surface area contributed by atoms with Gasteiger partial charge < -0.3 is 44.2 Å². The van der Waals surface area contributed by atoms with Gasteiger partial charge in [0.25, 0.3) is 0 Å². The molecule has 0 rings (SSSR count). The van der Waals surface area contributed by atoms with Crippen molar-refractivity contribution >= 4 is 19.5 Å². The summed E-state index contributed by atoms with van der Waals surface area (Å²) in [5, 5.41) is 12.1. The summed E-state index contributed by atoms with van der Waals surface area (Å²) in [4.78, 5) is 17.1. The third-order valence-electron chi connectivity index (χ3n) is 1.39. The van der Waals surface area contributed by atoms with Crippen molar-refractivity contribution in [1.82, 2.24) is 0 Å². The maximum absolute atomic E-state index is 10.5. The van der Waals surface area contributed by atoms with E-state index in [2.05, 4.69) is 22.9 Å². The zero-order valence-electron chi connectivity index (χ0n) is 10.6. The lowest BCUT2D eigenvalue weighted by atomic mass is 10.2. The van der Waals surface area contributed by atoms with Crippen LogP contribution in [0, 0.1) is 10.8 Å². The topological polar surface area (TPSA) is 261 Å². The molecule has 0 heterocycles. The van der Waals surface area contributed by atoms with Crippen molar-refractivity contribution < 1.29 is 14.4 Å². The van der Waals surface area contributed by atoms with Gasteiger partial charge in [-0.15, -0.1) is 0 Å². The molecule has 16 N–H and O–H groups in total. The van der Waals surface area contributed by atoms with Gasteiger partial charge in [-0.3, -0.25) is 15.4 Å². The summed E-state index contributed by atoms with van der Waals surface area (Å²) in [6.07, 6.45) is 1.76. The molecule has 0 aromatic rings. The van der Waals surface area contributed by atoms with Crippen LogP contribution in [0.1, 0.15) is 19.3 Å². The van der Waals surface area contributed by atoms with Crippen molar-refractivity contribution in [2.75, 3.05) is 6.54 Å². The maximum atomic E-state index is 10.5. The van der Waals surface area contributed by atoms with E-state index in [4.69, 9.17) is 32.1 Å². The van der Waals surface area contributed by atoms with E-state index in [1.165, 1.54) is 0 Å². The van der Waals surface area contributed by atoms with Gasteiger partial charge in [-0.1, -0.05) is 0 Å². The zero-order chi connectivity index (χ0) is 16.1. The molecule has 12 heteroatoms. The minimum absolute atomic E-state index is 0.333. The van der Waals surface area contributed by atoms with Crippen LogP contribution in [0.4, 0.5) is 0 Å². The van der Waals surface area contributed by atoms with Gasteiger partial charge in [-0.25, -0.2) is 0 Å². The van der Waals surface area contributed by atoms with Gasteiger partial charge >= 0.3 is 7.60 Å². The van der Waals surface area contributed by atoms with Crippen LogP contribution in [0.2, 0.25) is 0 Å². The van der Waals surface area contributed by atoms with E-state index in [-0.39, 0.29) is 11.9 Å². The summed E-state index contributed by atoms with van der Waals surface area (Å²) in [6, 6.07) is 0. The van der Waals surface area contributed by atoms with E-state index in [1.54, 1.807) is 0 Å². The number of nitrogens with two attached hydrogens (primary N) is 6. The van der Waals surface area contributed by atoms with Crippen LogP contribution < -0.4 is 34.4 Å². The lowest BCUT2D eigenvalue weighted by Gasteiger charge is -2.12. The molecular weight excluding hydrogens is 275 g/mol. The van der Waals surface area contributed by atoms with Gasteiger partial charge in [0.05, 0.1) is 0 Å². The molecule has 0 fully saturated rings. The van der Waals surface area contributed by atoms with Gasteiger partial charge in [0.2, 0.25) is 0 Å². The molecule has 0 bridgehead atoms. The van der Waals surface area contributed by atoms with Crippen LogP contribution in [-0.4, -0.2) is 34.0 Å².